The number of carbonyl (C=O) groups is 1. The number of hydrogen-bond donors (Lipinski definition) is 0. The highest BCUT2D eigenvalue weighted by atomic mass is 32.1. The molecule has 172 valence electrons. The van der Waals surface area contributed by atoms with Gasteiger partial charge in [0.2, 0.25) is 0 Å². The molecule has 7 heteroatoms. The molecule has 0 aliphatic rings. The molecule has 33 heavy (non-hydrogen) atoms. The smallest absolute Gasteiger partial charge is 0.260 e. The first kappa shape index (κ1) is 23.0. The third-order valence-electron chi connectivity index (χ3n) is 5.51. The topological polar surface area (TPSA) is 60.2 Å². The van der Waals surface area contributed by atoms with Crippen LogP contribution in [0, 0.1) is 13.8 Å². The van der Waals surface area contributed by atoms with Crippen LogP contribution in [-0.2, 0) is 6.54 Å². The van der Waals surface area contributed by atoms with Gasteiger partial charge in [-0.25, -0.2) is 9.97 Å². The second-order valence-electron chi connectivity index (χ2n) is 8.26. The number of amides is 1. The molecule has 0 saturated heterocycles. The van der Waals surface area contributed by atoms with Crippen LogP contribution in [0.15, 0.2) is 55.1 Å². The zero-order valence-corrected chi connectivity index (χ0v) is 20.3. The van der Waals surface area contributed by atoms with E-state index in [0.29, 0.717) is 18.7 Å². The lowest BCUT2D eigenvalue weighted by Gasteiger charge is -2.20. The Balaban J connectivity index is 1.58. The highest BCUT2D eigenvalue weighted by Crippen LogP contribution is 2.33. The molecule has 2 aromatic heterocycles. The van der Waals surface area contributed by atoms with Crippen LogP contribution in [0.2, 0.25) is 0 Å². The molecule has 0 bridgehead atoms. The molecule has 4 aromatic rings. The van der Waals surface area contributed by atoms with Crippen molar-refractivity contribution in [3.8, 4) is 5.75 Å². The number of thiazole rings is 1. The van der Waals surface area contributed by atoms with E-state index in [-0.39, 0.29) is 5.91 Å². The van der Waals surface area contributed by atoms with E-state index in [2.05, 4.69) is 37.9 Å². The minimum atomic E-state index is -0.0471. The van der Waals surface area contributed by atoms with Crippen LogP contribution in [0.3, 0.4) is 0 Å². The summed E-state index contributed by atoms with van der Waals surface area (Å²) >= 11 is 1.58. The van der Waals surface area contributed by atoms with Gasteiger partial charge in [-0.1, -0.05) is 30.7 Å². The molecule has 0 radical (unpaired) electrons. The first-order valence-corrected chi connectivity index (χ1v) is 12.2. The number of anilines is 1. The normalized spacial score (nSPS) is 11.1. The van der Waals surface area contributed by atoms with Gasteiger partial charge in [0.15, 0.2) is 5.13 Å². The Morgan fingerprint density at radius 1 is 1.15 bits per heavy atom. The maximum absolute atomic E-state index is 13.6. The SMILES string of the molecule is CCCCOc1ccc(C(=O)N(CCCn2ccnc2)c2nc3cc(C)cc(C)c3s2)cc1. The lowest BCUT2D eigenvalue weighted by atomic mass is 10.1. The van der Waals surface area contributed by atoms with Gasteiger partial charge in [0.05, 0.1) is 23.2 Å². The van der Waals surface area contributed by atoms with Crippen molar-refractivity contribution in [2.75, 3.05) is 18.1 Å². The maximum Gasteiger partial charge on any atom is 0.260 e. The second-order valence-corrected chi connectivity index (χ2v) is 9.24. The van der Waals surface area contributed by atoms with E-state index in [1.807, 2.05) is 39.9 Å². The molecule has 1 amide bonds. The van der Waals surface area contributed by atoms with Gasteiger partial charge < -0.3 is 9.30 Å². The van der Waals surface area contributed by atoms with Gasteiger partial charge in [0.25, 0.3) is 5.91 Å². The van der Waals surface area contributed by atoms with Crippen LogP contribution >= 0.6 is 11.3 Å². The Labute approximate surface area is 198 Å². The van der Waals surface area contributed by atoms with Gasteiger partial charge in [0.1, 0.15) is 5.75 Å². The standard InChI is InChI=1S/C26H30N4O2S/c1-4-5-15-32-22-9-7-21(8-10-22)25(31)30(13-6-12-29-14-11-27-18-29)26-28-23-17-19(2)16-20(3)24(23)33-26/h7-11,14,16-18H,4-6,12-13,15H2,1-3H3. The summed E-state index contributed by atoms with van der Waals surface area (Å²) in [5.74, 6) is 0.743. The lowest BCUT2D eigenvalue weighted by Crippen LogP contribution is -2.32. The number of unbranched alkanes of at least 4 members (excludes halogenated alkanes) is 1. The summed E-state index contributed by atoms with van der Waals surface area (Å²) in [7, 11) is 0. The van der Waals surface area contributed by atoms with Crippen LogP contribution in [0.5, 0.6) is 5.75 Å². The molecule has 0 fully saturated rings. The predicted octanol–water partition coefficient (Wildman–Crippen LogP) is 6.03. The van der Waals surface area contributed by atoms with Crippen molar-refractivity contribution < 1.29 is 9.53 Å². The molecule has 0 aliphatic carbocycles. The Morgan fingerprint density at radius 2 is 1.97 bits per heavy atom. The molecule has 0 spiro atoms. The van der Waals surface area contributed by atoms with Gasteiger partial charge in [-0.15, -0.1) is 0 Å². The van der Waals surface area contributed by atoms with E-state index in [9.17, 15) is 4.79 Å². The highest BCUT2D eigenvalue weighted by molar-refractivity contribution is 7.22. The largest absolute Gasteiger partial charge is 0.494 e. The Hall–Kier alpha value is -3.19. The lowest BCUT2D eigenvalue weighted by molar-refractivity contribution is 0.0986. The molecule has 0 atom stereocenters. The summed E-state index contributed by atoms with van der Waals surface area (Å²) in [4.78, 5) is 24.3. The number of rotatable bonds is 10. The van der Waals surface area contributed by atoms with Crippen molar-refractivity contribution in [1.29, 1.82) is 0 Å². The van der Waals surface area contributed by atoms with E-state index in [0.717, 1.165) is 46.9 Å². The molecule has 2 aromatic carbocycles. The summed E-state index contributed by atoms with van der Waals surface area (Å²) in [6.45, 7) is 8.36. The van der Waals surface area contributed by atoms with E-state index >= 15 is 0 Å². The van der Waals surface area contributed by atoms with Crippen LogP contribution in [0.25, 0.3) is 10.2 Å². The van der Waals surface area contributed by atoms with Gasteiger partial charge >= 0.3 is 0 Å². The molecule has 0 aliphatic heterocycles. The second kappa shape index (κ2) is 10.6. The fourth-order valence-corrected chi connectivity index (χ4v) is 4.82. The molecule has 0 unspecified atom stereocenters. The Bertz CT molecular complexity index is 1200. The molecule has 0 saturated carbocycles. The van der Waals surface area contributed by atoms with E-state index < -0.39 is 0 Å². The van der Waals surface area contributed by atoms with Crippen molar-refractivity contribution in [3.63, 3.8) is 0 Å². The number of fused-ring (bicyclic) bond motifs is 1. The quantitative estimate of drug-likeness (QED) is 0.270. The fourth-order valence-electron chi connectivity index (χ4n) is 3.78. The number of aryl methyl sites for hydroxylation is 3. The molecule has 2 heterocycles. The van der Waals surface area contributed by atoms with Crippen LogP contribution in [0.4, 0.5) is 5.13 Å². The van der Waals surface area contributed by atoms with Crippen LogP contribution in [-0.4, -0.2) is 33.6 Å². The van der Waals surface area contributed by atoms with Gasteiger partial charge in [-0.05, 0) is 68.1 Å². The highest BCUT2D eigenvalue weighted by Gasteiger charge is 2.22. The van der Waals surface area contributed by atoms with Gasteiger partial charge in [-0.2, -0.15) is 0 Å². The van der Waals surface area contributed by atoms with Crippen molar-refractivity contribution >= 4 is 32.6 Å². The third-order valence-corrected chi connectivity index (χ3v) is 6.74. The number of hydrogen-bond acceptors (Lipinski definition) is 5. The van der Waals surface area contributed by atoms with E-state index in [1.165, 1.54) is 11.1 Å². The van der Waals surface area contributed by atoms with E-state index in [4.69, 9.17) is 9.72 Å². The van der Waals surface area contributed by atoms with Gasteiger partial charge in [0, 0.05) is 31.0 Å². The fraction of sp³-hybridized carbons (Fsp3) is 0.346. The minimum absolute atomic E-state index is 0.0471. The van der Waals surface area contributed by atoms with E-state index in [1.54, 1.807) is 23.9 Å². The zero-order valence-electron chi connectivity index (χ0n) is 19.5. The van der Waals surface area contributed by atoms with Crippen molar-refractivity contribution in [1.82, 2.24) is 14.5 Å². The summed E-state index contributed by atoms with van der Waals surface area (Å²) in [6, 6.07) is 11.7. The number of carbonyl (C=O) groups excluding carboxylic acids is 1. The first-order chi connectivity index (χ1) is 16.0. The van der Waals surface area contributed by atoms with Gasteiger partial charge in [-0.3, -0.25) is 9.69 Å². The van der Waals surface area contributed by atoms with Crippen molar-refractivity contribution in [2.24, 2.45) is 0 Å². The van der Waals surface area contributed by atoms with Crippen LogP contribution < -0.4 is 9.64 Å². The minimum Gasteiger partial charge on any atom is -0.494 e. The van der Waals surface area contributed by atoms with Crippen LogP contribution in [0.1, 0.15) is 47.7 Å². The predicted molar refractivity (Wildman–Crippen MR) is 134 cm³/mol. The van der Waals surface area contributed by atoms with Crippen molar-refractivity contribution in [2.45, 2.75) is 46.6 Å². The van der Waals surface area contributed by atoms with Crippen molar-refractivity contribution in [3.05, 3.63) is 71.8 Å². The number of nitrogens with zero attached hydrogens (tertiary/aromatic N) is 4. The molecule has 6 nitrogen and oxygen atoms in total. The summed E-state index contributed by atoms with van der Waals surface area (Å²) in [6.07, 6.45) is 8.41. The number of imidazole rings is 1. The number of benzene rings is 2. The summed E-state index contributed by atoms with van der Waals surface area (Å²) in [5.41, 5.74) is 3.94. The summed E-state index contributed by atoms with van der Waals surface area (Å²) < 4.78 is 8.91. The first-order valence-electron chi connectivity index (χ1n) is 11.4. The number of aromatic nitrogens is 3. The molecular weight excluding hydrogens is 432 g/mol. The maximum atomic E-state index is 13.6. The average molecular weight is 463 g/mol. The Morgan fingerprint density at radius 3 is 2.70 bits per heavy atom. The monoisotopic (exact) mass is 462 g/mol. The molecular formula is C26H30N4O2S. The third kappa shape index (κ3) is 5.60. The molecule has 4 rings (SSSR count). The average Bonchev–Trinajstić information content (AvgIpc) is 3.47. The Kier molecular flexibility index (Phi) is 7.40. The molecule has 0 N–H and O–H groups in total. The zero-order chi connectivity index (χ0) is 23.2. The number of ether oxygens (including phenoxy) is 1. The summed E-state index contributed by atoms with van der Waals surface area (Å²) in [5, 5.41) is 0.734.